The van der Waals surface area contributed by atoms with Gasteiger partial charge in [0.2, 0.25) is 5.13 Å². The fourth-order valence-corrected chi connectivity index (χ4v) is 3.41. The van der Waals surface area contributed by atoms with E-state index in [-0.39, 0.29) is 0 Å². The van der Waals surface area contributed by atoms with Crippen molar-refractivity contribution in [2.24, 2.45) is 0 Å². The van der Waals surface area contributed by atoms with Crippen molar-refractivity contribution in [1.82, 2.24) is 24.4 Å². The Bertz CT molecular complexity index is 1120. The maximum absolute atomic E-state index is 5.20. The Hall–Kier alpha value is -3.26. The third-order valence-corrected chi connectivity index (χ3v) is 5.24. The van der Waals surface area contributed by atoms with Crippen molar-refractivity contribution >= 4 is 22.4 Å². The molecule has 0 aliphatic rings. The van der Waals surface area contributed by atoms with Gasteiger partial charge >= 0.3 is 0 Å². The molecule has 0 saturated carbocycles. The lowest BCUT2D eigenvalue weighted by Gasteiger charge is -2.05. The van der Waals surface area contributed by atoms with Gasteiger partial charge in [-0.1, -0.05) is 11.3 Å². The zero-order valence-electron chi connectivity index (χ0n) is 16.1. The maximum atomic E-state index is 5.20. The minimum absolute atomic E-state index is 0.564. The lowest BCUT2D eigenvalue weighted by molar-refractivity contribution is 0.414. The smallest absolute Gasteiger partial charge is 0.207 e. The van der Waals surface area contributed by atoms with Crippen LogP contribution in [0.1, 0.15) is 16.8 Å². The van der Waals surface area contributed by atoms with Crippen molar-refractivity contribution < 1.29 is 4.74 Å². The first-order valence-electron chi connectivity index (χ1n) is 8.80. The molecule has 0 radical (unpaired) electrons. The number of methoxy groups -OCH3 is 1. The van der Waals surface area contributed by atoms with Gasteiger partial charge in [0.1, 0.15) is 5.75 Å². The topological polar surface area (TPSA) is 77.8 Å². The van der Waals surface area contributed by atoms with E-state index in [4.69, 9.17) is 4.74 Å². The third-order valence-electron chi connectivity index (χ3n) is 4.61. The van der Waals surface area contributed by atoms with Crippen molar-refractivity contribution in [3.63, 3.8) is 0 Å². The zero-order chi connectivity index (χ0) is 19.7. The average Bonchev–Trinajstić information content (AvgIpc) is 3.31. The molecule has 1 N–H and O–H groups in total. The van der Waals surface area contributed by atoms with E-state index >= 15 is 0 Å². The molecule has 0 saturated heterocycles. The molecule has 142 valence electrons. The SMILES string of the molecule is COc1ccc(-n2nnc(-c3nsc(Nc4ccc(C)c(C)c4)n3)c2C)cc1. The molecule has 0 aliphatic carbocycles. The Labute approximate surface area is 167 Å². The Balaban J connectivity index is 1.58. The monoisotopic (exact) mass is 392 g/mol. The molecule has 4 aromatic rings. The molecular weight excluding hydrogens is 372 g/mol. The van der Waals surface area contributed by atoms with Gasteiger partial charge in [-0.25, -0.2) is 4.68 Å². The van der Waals surface area contributed by atoms with Crippen LogP contribution in [-0.2, 0) is 0 Å². The second-order valence-corrected chi connectivity index (χ2v) is 7.23. The van der Waals surface area contributed by atoms with Gasteiger partial charge in [0, 0.05) is 17.2 Å². The number of nitrogens with one attached hydrogen (secondary N) is 1. The Morgan fingerprint density at radius 3 is 2.50 bits per heavy atom. The second kappa shape index (κ2) is 7.40. The molecule has 0 fully saturated rings. The highest BCUT2D eigenvalue weighted by Crippen LogP contribution is 2.26. The number of hydrogen-bond acceptors (Lipinski definition) is 7. The summed E-state index contributed by atoms with van der Waals surface area (Å²) in [5.41, 5.74) is 5.92. The summed E-state index contributed by atoms with van der Waals surface area (Å²) in [7, 11) is 1.64. The summed E-state index contributed by atoms with van der Waals surface area (Å²) in [6.07, 6.45) is 0. The largest absolute Gasteiger partial charge is 0.497 e. The molecule has 0 aliphatic heterocycles. The lowest BCUT2D eigenvalue weighted by Crippen LogP contribution is -1.99. The van der Waals surface area contributed by atoms with E-state index in [0.29, 0.717) is 11.5 Å². The van der Waals surface area contributed by atoms with Crippen molar-refractivity contribution in [3.8, 4) is 23.0 Å². The third kappa shape index (κ3) is 3.46. The molecule has 8 heteroatoms. The summed E-state index contributed by atoms with van der Waals surface area (Å²) >= 11 is 1.30. The fourth-order valence-electron chi connectivity index (χ4n) is 2.82. The summed E-state index contributed by atoms with van der Waals surface area (Å²) in [6, 6.07) is 13.9. The van der Waals surface area contributed by atoms with Gasteiger partial charge in [0.25, 0.3) is 0 Å². The summed E-state index contributed by atoms with van der Waals surface area (Å²) < 4.78 is 11.4. The van der Waals surface area contributed by atoms with E-state index in [1.165, 1.54) is 22.7 Å². The van der Waals surface area contributed by atoms with Crippen LogP contribution in [0.4, 0.5) is 10.8 Å². The number of benzene rings is 2. The summed E-state index contributed by atoms with van der Waals surface area (Å²) in [5.74, 6) is 1.36. The summed E-state index contributed by atoms with van der Waals surface area (Å²) in [4.78, 5) is 4.58. The Morgan fingerprint density at radius 1 is 1.00 bits per heavy atom. The van der Waals surface area contributed by atoms with Crippen LogP contribution < -0.4 is 10.1 Å². The number of ether oxygens (including phenoxy) is 1. The van der Waals surface area contributed by atoms with Crippen molar-refractivity contribution in [2.75, 3.05) is 12.4 Å². The molecule has 7 nitrogen and oxygen atoms in total. The van der Waals surface area contributed by atoms with E-state index in [2.05, 4.69) is 51.0 Å². The highest BCUT2D eigenvalue weighted by atomic mass is 32.1. The number of rotatable bonds is 5. The number of anilines is 2. The molecule has 4 rings (SSSR count). The molecule has 2 aromatic heterocycles. The summed E-state index contributed by atoms with van der Waals surface area (Å²) in [6.45, 7) is 6.14. The molecule has 0 bridgehead atoms. The minimum atomic E-state index is 0.564. The fraction of sp³-hybridized carbons (Fsp3) is 0.200. The average molecular weight is 392 g/mol. The Kier molecular flexibility index (Phi) is 4.79. The van der Waals surface area contributed by atoms with Crippen molar-refractivity contribution in [2.45, 2.75) is 20.8 Å². The van der Waals surface area contributed by atoms with E-state index < -0.39 is 0 Å². The van der Waals surface area contributed by atoms with Gasteiger partial charge in [-0.05, 0) is 68.3 Å². The first-order valence-corrected chi connectivity index (χ1v) is 9.57. The van der Waals surface area contributed by atoms with Crippen LogP contribution in [-0.4, -0.2) is 31.5 Å². The van der Waals surface area contributed by atoms with Gasteiger partial charge in [0.05, 0.1) is 18.5 Å². The van der Waals surface area contributed by atoms with Crippen LogP contribution in [0.25, 0.3) is 17.2 Å². The molecule has 0 atom stereocenters. The van der Waals surface area contributed by atoms with Crippen LogP contribution in [0.5, 0.6) is 5.75 Å². The molecule has 28 heavy (non-hydrogen) atoms. The van der Waals surface area contributed by atoms with Crippen LogP contribution in [0, 0.1) is 20.8 Å². The molecule has 0 amide bonds. The molecule has 2 heterocycles. The first-order chi connectivity index (χ1) is 13.5. The van der Waals surface area contributed by atoms with E-state index in [0.717, 1.165) is 27.9 Å². The van der Waals surface area contributed by atoms with Crippen LogP contribution in [0.15, 0.2) is 42.5 Å². The normalized spacial score (nSPS) is 10.9. The highest BCUT2D eigenvalue weighted by molar-refractivity contribution is 7.09. The van der Waals surface area contributed by atoms with Crippen LogP contribution in [0.3, 0.4) is 0 Å². The van der Waals surface area contributed by atoms with E-state index in [1.54, 1.807) is 11.8 Å². The van der Waals surface area contributed by atoms with Gasteiger partial charge < -0.3 is 10.1 Å². The predicted octanol–water partition coefficient (Wildman–Crippen LogP) is 4.46. The molecule has 0 spiro atoms. The van der Waals surface area contributed by atoms with Gasteiger partial charge in [-0.2, -0.15) is 9.36 Å². The van der Waals surface area contributed by atoms with Gasteiger partial charge in [-0.15, -0.1) is 5.10 Å². The molecule has 2 aromatic carbocycles. The van der Waals surface area contributed by atoms with Crippen molar-refractivity contribution in [1.29, 1.82) is 0 Å². The number of hydrogen-bond donors (Lipinski definition) is 1. The van der Waals surface area contributed by atoms with Crippen LogP contribution in [0.2, 0.25) is 0 Å². The number of nitrogens with zero attached hydrogens (tertiary/aromatic N) is 5. The first kappa shape index (κ1) is 18.1. The second-order valence-electron chi connectivity index (χ2n) is 6.48. The number of aryl methyl sites for hydroxylation is 2. The van der Waals surface area contributed by atoms with E-state index in [9.17, 15) is 0 Å². The lowest BCUT2D eigenvalue weighted by atomic mass is 10.1. The molecule has 0 unspecified atom stereocenters. The number of aromatic nitrogens is 5. The van der Waals surface area contributed by atoms with Crippen molar-refractivity contribution in [3.05, 3.63) is 59.3 Å². The van der Waals surface area contributed by atoms with E-state index in [1.807, 2.05) is 37.3 Å². The van der Waals surface area contributed by atoms with Gasteiger partial charge in [0.15, 0.2) is 11.5 Å². The maximum Gasteiger partial charge on any atom is 0.207 e. The van der Waals surface area contributed by atoms with Crippen LogP contribution >= 0.6 is 11.5 Å². The predicted molar refractivity (Wildman–Crippen MR) is 111 cm³/mol. The summed E-state index contributed by atoms with van der Waals surface area (Å²) in [5, 5.41) is 12.6. The quantitative estimate of drug-likeness (QED) is 0.540. The minimum Gasteiger partial charge on any atom is -0.497 e. The standard InChI is InChI=1S/C20H20N6OS/c1-12-5-6-15(11-13(12)2)21-20-22-19(24-28-20)18-14(3)26(25-23-18)16-7-9-17(27-4)10-8-16/h5-11H,1-4H3,(H,21,22,24). The Morgan fingerprint density at radius 2 is 1.79 bits per heavy atom. The van der Waals surface area contributed by atoms with Gasteiger partial charge in [-0.3, -0.25) is 0 Å². The molecular formula is C20H20N6OS. The zero-order valence-corrected chi connectivity index (χ0v) is 16.9. The highest BCUT2D eigenvalue weighted by Gasteiger charge is 2.17.